The number of rotatable bonds is 3. The van der Waals surface area contributed by atoms with Gasteiger partial charge >= 0.3 is 0 Å². The maximum Gasteiger partial charge on any atom is 0.270 e. The summed E-state index contributed by atoms with van der Waals surface area (Å²) in [5, 5.41) is 3.88. The number of nitrogens with two attached hydrogens (primary N) is 1. The van der Waals surface area contributed by atoms with Gasteiger partial charge in [-0.25, -0.2) is 4.98 Å². The summed E-state index contributed by atoms with van der Waals surface area (Å²) in [6.07, 6.45) is 0. The van der Waals surface area contributed by atoms with Crippen LogP contribution in [0.3, 0.4) is 0 Å². The van der Waals surface area contributed by atoms with Crippen molar-refractivity contribution in [3.63, 3.8) is 0 Å². The highest BCUT2D eigenvalue weighted by atomic mass is 35.5. The first-order valence-corrected chi connectivity index (χ1v) is 5.90. The van der Waals surface area contributed by atoms with Crippen molar-refractivity contribution in [1.82, 2.24) is 10.3 Å². The van der Waals surface area contributed by atoms with Gasteiger partial charge in [0.25, 0.3) is 5.91 Å². The molecule has 1 heterocycles. The van der Waals surface area contributed by atoms with Crippen molar-refractivity contribution in [3.8, 4) is 0 Å². The van der Waals surface area contributed by atoms with Crippen LogP contribution in [0, 0.1) is 0 Å². The Kier molecular flexibility index (Phi) is 6.92. The van der Waals surface area contributed by atoms with Crippen LogP contribution in [0.2, 0.25) is 0 Å². The SMILES string of the molecule is CC(C)(CN)NC(=O)c1ccc2ccccc2n1.Cl.Cl. The van der Waals surface area contributed by atoms with Gasteiger partial charge in [-0.2, -0.15) is 0 Å². The smallest absolute Gasteiger partial charge is 0.270 e. The quantitative estimate of drug-likeness (QED) is 0.914. The van der Waals surface area contributed by atoms with E-state index in [-0.39, 0.29) is 30.7 Å². The van der Waals surface area contributed by atoms with Gasteiger partial charge in [-0.3, -0.25) is 4.79 Å². The maximum absolute atomic E-state index is 12.0. The minimum Gasteiger partial charge on any atom is -0.345 e. The molecule has 0 saturated heterocycles. The molecular formula is C14H19Cl2N3O. The Labute approximate surface area is 131 Å². The standard InChI is InChI=1S/C14H17N3O.2ClH/c1-14(2,9-15)17-13(18)12-8-7-10-5-3-4-6-11(10)16-12;;/h3-8H,9,15H2,1-2H3,(H,17,18);2*1H. The second-order valence-electron chi connectivity index (χ2n) is 4.93. The van der Waals surface area contributed by atoms with Gasteiger partial charge in [-0.1, -0.05) is 24.3 Å². The van der Waals surface area contributed by atoms with Gasteiger partial charge in [0, 0.05) is 17.5 Å². The zero-order chi connectivity index (χ0) is 13.2. The lowest BCUT2D eigenvalue weighted by Crippen LogP contribution is -2.49. The third-order valence-corrected chi connectivity index (χ3v) is 2.79. The van der Waals surface area contributed by atoms with E-state index in [1.807, 2.05) is 44.2 Å². The Morgan fingerprint density at radius 3 is 2.50 bits per heavy atom. The summed E-state index contributed by atoms with van der Waals surface area (Å²) >= 11 is 0. The number of pyridine rings is 1. The van der Waals surface area contributed by atoms with E-state index in [1.165, 1.54) is 0 Å². The van der Waals surface area contributed by atoms with E-state index in [9.17, 15) is 4.79 Å². The molecule has 1 aromatic heterocycles. The van der Waals surface area contributed by atoms with Crippen molar-refractivity contribution < 1.29 is 4.79 Å². The molecule has 1 amide bonds. The molecule has 20 heavy (non-hydrogen) atoms. The number of benzene rings is 1. The van der Waals surface area contributed by atoms with Crippen LogP contribution in [0.25, 0.3) is 10.9 Å². The largest absolute Gasteiger partial charge is 0.345 e. The highest BCUT2D eigenvalue weighted by molar-refractivity contribution is 5.95. The molecule has 110 valence electrons. The van der Waals surface area contributed by atoms with Crippen LogP contribution in [-0.2, 0) is 0 Å². The lowest BCUT2D eigenvalue weighted by atomic mass is 10.1. The average molecular weight is 316 g/mol. The predicted molar refractivity (Wildman–Crippen MR) is 86.8 cm³/mol. The molecule has 0 aliphatic rings. The monoisotopic (exact) mass is 315 g/mol. The van der Waals surface area contributed by atoms with E-state index in [0.717, 1.165) is 10.9 Å². The van der Waals surface area contributed by atoms with Crippen LogP contribution in [0.5, 0.6) is 0 Å². The van der Waals surface area contributed by atoms with Gasteiger partial charge < -0.3 is 11.1 Å². The Morgan fingerprint density at radius 2 is 1.85 bits per heavy atom. The molecule has 0 spiro atoms. The molecule has 1 aromatic carbocycles. The van der Waals surface area contributed by atoms with Crippen molar-refractivity contribution in [2.75, 3.05) is 6.54 Å². The highest BCUT2D eigenvalue weighted by Crippen LogP contribution is 2.12. The van der Waals surface area contributed by atoms with Gasteiger partial charge in [-0.05, 0) is 26.0 Å². The molecule has 0 bridgehead atoms. The Bertz CT molecular complexity index is 587. The first-order chi connectivity index (χ1) is 8.52. The molecule has 2 rings (SSSR count). The Morgan fingerprint density at radius 1 is 1.20 bits per heavy atom. The topological polar surface area (TPSA) is 68.0 Å². The third kappa shape index (κ3) is 4.34. The zero-order valence-corrected chi connectivity index (χ0v) is 13.1. The third-order valence-electron chi connectivity index (χ3n) is 2.79. The van der Waals surface area contributed by atoms with Gasteiger partial charge in [0.1, 0.15) is 5.69 Å². The van der Waals surface area contributed by atoms with E-state index in [0.29, 0.717) is 12.2 Å². The van der Waals surface area contributed by atoms with Crippen LogP contribution in [-0.4, -0.2) is 23.0 Å². The minimum absolute atomic E-state index is 0. The molecular weight excluding hydrogens is 297 g/mol. The number of nitrogens with one attached hydrogen (secondary N) is 1. The lowest BCUT2D eigenvalue weighted by molar-refractivity contribution is 0.0911. The summed E-state index contributed by atoms with van der Waals surface area (Å²) in [4.78, 5) is 16.4. The molecule has 0 fully saturated rings. The number of hydrogen-bond donors (Lipinski definition) is 2. The summed E-state index contributed by atoms with van der Waals surface area (Å²) in [6.45, 7) is 4.14. The summed E-state index contributed by atoms with van der Waals surface area (Å²) in [5.41, 5.74) is 6.39. The van der Waals surface area contributed by atoms with Crippen molar-refractivity contribution >= 4 is 41.6 Å². The van der Waals surface area contributed by atoms with Crippen LogP contribution >= 0.6 is 24.8 Å². The maximum atomic E-state index is 12.0. The molecule has 0 unspecified atom stereocenters. The van der Waals surface area contributed by atoms with Crippen LogP contribution in [0.1, 0.15) is 24.3 Å². The number of fused-ring (bicyclic) bond motifs is 1. The second kappa shape index (κ2) is 7.43. The number of carbonyl (C=O) groups is 1. The minimum atomic E-state index is -0.426. The molecule has 0 aliphatic carbocycles. The van der Waals surface area contributed by atoms with Crippen LogP contribution in [0.4, 0.5) is 0 Å². The number of amides is 1. The molecule has 0 saturated carbocycles. The number of hydrogen-bond acceptors (Lipinski definition) is 3. The highest BCUT2D eigenvalue weighted by Gasteiger charge is 2.19. The number of carbonyl (C=O) groups excluding carboxylic acids is 1. The van der Waals surface area contributed by atoms with E-state index >= 15 is 0 Å². The first-order valence-electron chi connectivity index (χ1n) is 5.90. The van der Waals surface area contributed by atoms with Gasteiger partial charge in [0.2, 0.25) is 0 Å². The normalized spacial score (nSPS) is 10.3. The van der Waals surface area contributed by atoms with E-state index < -0.39 is 5.54 Å². The van der Waals surface area contributed by atoms with Crippen molar-refractivity contribution in [2.45, 2.75) is 19.4 Å². The number of nitrogens with zero attached hydrogens (tertiary/aromatic N) is 1. The molecule has 0 aliphatic heterocycles. The van der Waals surface area contributed by atoms with E-state index in [2.05, 4.69) is 10.3 Å². The number of aromatic nitrogens is 1. The first kappa shape index (κ1) is 18.6. The number of para-hydroxylation sites is 1. The zero-order valence-electron chi connectivity index (χ0n) is 11.4. The fourth-order valence-electron chi connectivity index (χ4n) is 1.61. The number of halogens is 2. The fraction of sp³-hybridized carbons (Fsp3) is 0.286. The van der Waals surface area contributed by atoms with Gasteiger partial charge in [0.05, 0.1) is 5.52 Å². The van der Waals surface area contributed by atoms with Crippen molar-refractivity contribution in [3.05, 3.63) is 42.1 Å². The van der Waals surface area contributed by atoms with Crippen molar-refractivity contribution in [1.29, 1.82) is 0 Å². The van der Waals surface area contributed by atoms with E-state index in [4.69, 9.17) is 5.73 Å². The lowest BCUT2D eigenvalue weighted by Gasteiger charge is -2.23. The van der Waals surface area contributed by atoms with Crippen LogP contribution < -0.4 is 11.1 Å². The van der Waals surface area contributed by atoms with Crippen LogP contribution in [0.15, 0.2) is 36.4 Å². The Balaban J connectivity index is 0.00000180. The summed E-state index contributed by atoms with van der Waals surface area (Å²) in [5.74, 6) is -0.198. The van der Waals surface area contributed by atoms with Crippen molar-refractivity contribution in [2.24, 2.45) is 5.73 Å². The molecule has 4 nitrogen and oxygen atoms in total. The molecule has 0 radical (unpaired) electrons. The summed E-state index contributed by atoms with van der Waals surface area (Å²) in [6, 6.07) is 11.3. The fourth-order valence-corrected chi connectivity index (χ4v) is 1.61. The summed E-state index contributed by atoms with van der Waals surface area (Å²) in [7, 11) is 0. The molecule has 6 heteroatoms. The van der Waals surface area contributed by atoms with Gasteiger partial charge in [-0.15, -0.1) is 24.8 Å². The Hall–Kier alpha value is -1.36. The molecule has 2 aromatic rings. The van der Waals surface area contributed by atoms with Gasteiger partial charge in [0.15, 0.2) is 0 Å². The average Bonchev–Trinajstić information content (AvgIpc) is 2.37. The second-order valence-corrected chi connectivity index (χ2v) is 4.93. The molecule has 3 N–H and O–H groups in total. The molecule has 0 atom stereocenters. The summed E-state index contributed by atoms with van der Waals surface area (Å²) < 4.78 is 0. The predicted octanol–water partition coefficient (Wildman–Crippen LogP) is 2.55. The van der Waals surface area contributed by atoms with E-state index in [1.54, 1.807) is 6.07 Å².